The predicted octanol–water partition coefficient (Wildman–Crippen LogP) is 5.45. The van der Waals surface area contributed by atoms with Gasteiger partial charge in [-0.3, -0.25) is 4.79 Å². The Morgan fingerprint density at radius 1 is 0.902 bits per heavy atom. The van der Waals surface area contributed by atoms with Crippen LogP contribution in [0.5, 0.6) is 0 Å². The highest BCUT2D eigenvalue weighted by molar-refractivity contribution is 5.79. The van der Waals surface area contributed by atoms with Crippen LogP contribution in [0, 0.1) is 51.2 Å². The Bertz CT molecular complexity index is 1030. The molecule has 6 rings (SSSR count). The van der Waals surface area contributed by atoms with Gasteiger partial charge in [0.2, 0.25) is 5.91 Å². The summed E-state index contributed by atoms with van der Waals surface area (Å²) >= 11 is 0. The molecule has 0 spiro atoms. The molecule has 2 saturated heterocycles. The van der Waals surface area contributed by atoms with Gasteiger partial charge in [-0.25, -0.2) is 0 Å². The summed E-state index contributed by atoms with van der Waals surface area (Å²) in [4.78, 5) is 13.2. The second-order valence-corrected chi connectivity index (χ2v) is 17.7. The van der Waals surface area contributed by atoms with E-state index < -0.39 is 5.60 Å². The van der Waals surface area contributed by atoms with Crippen molar-refractivity contribution in [1.29, 1.82) is 0 Å². The number of carbonyl (C=O) groups is 1. The van der Waals surface area contributed by atoms with Crippen molar-refractivity contribution in [3.8, 4) is 0 Å². The lowest BCUT2D eigenvalue weighted by atomic mass is 9.35. The molecule has 2 heterocycles. The molecule has 0 radical (unpaired) electrons. The Labute approximate surface area is 249 Å². The summed E-state index contributed by atoms with van der Waals surface area (Å²) in [7, 11) is 0. The highest BCUT2D eigenvalue weighted by Gasteiger charge is 2.72. The lowest BCUT2D eigenvalue weighted by molar-refractivity contribution is -0.240. The molecule has 4 aliphatic carbocycles. The van der Waals surface area contributed by atoms with Crippen LogP contribution in [0.15, 0.2) is 0 Å². The number of hydrogen-bond acceptors (Lipinski definition) is 5. The van der Waals surface area contributed by atoms with Crippen LogP contribution in [0.25, 0.3) is 0 Å². The number of hydrogen-bond donors (Lipinski definition) is 4. The summed E-state index contributed by atoms with van der Waals surface area (Å²) < 4.78 is 6.72. The van der Waals surface area contributed by atoms with Gasteiger partial charge in [0.1, 0.15) is 0 Å². The van der Waals surface area contributed by atoms with Crippen molar-refractivity contribution >= 4 is 5.91 Å². The zero-order valence-electron chi connectivity index (χ0n) is 27.3. The van der Waals surface area contributed by atoms with E-state index in [1.807, 2.05) is 13.8 Å². The SMILES string of the molecule is CC(C)(O)[C@H]1CC[C@@](C)([C@H]2CC[C@]3(C)[C@@H]2[C@H](O)C[C@@H]2[C@@]4(C)CC[C@H](NC(=O)[C@@H]5CCNC5)C(C)(C)[C@@H]4CC[C@]23C)O1. The van der Waals surface area contributed by atoms with Gasteiger partial charge in [0.25, 0.3) is 0 Å². The molecule has 6 fully saturated rings. The van der Waals surface area contributed by atoms with Crippen molar-refractivity contribution < 1.29 is 19.7 Å². The van der Waals surface area contributed by atoms with Crippen LogP contribution in [-0.2, 0) is 9.53 Å². The normalized spacial score (nSPS) is 52.9. The minimum atomic E-state index is -0.839. The smallest absolute Gasteiger partial charge is 0.224 e. The predicted molar refractivity (Wildman–Crippen MR) is 162 cm³/mol. The molecule has 6 aliphatic rings. The summed E-state index contributed by atoms with van der Waals surface area (Å²) in [5.41, 5.74) is -0.714. The van der Waals surface area contributed by atoms with Gasteiger partial charge in [0, 0.05) is 12.6 Å². The monoisotopic (exact) mass is 572 g/mol. The maximum absolute atomic E-state index is 13.2. The van der Waals surface area contributed by atoms with Gasteiger partial charge in [-0.2, -0.15) is 0 Å². The molecule has 41 heavy (non-hydrogen) atoms. The number of carbonyl (C=O) groups excluding carboxylic acids is 1. The molecule has 0 unspecified atom stereocenters. The van der Waals surface area contributed by atoms with Crippen molar-refractivity contribution in [2.45, 2.75) is 149 Å². The van der Waals surface area contributed by atoms with Gasteiger partial charge in [-0.05, 0) is 137 Å². The van der Waals surface area contributed by atoms with E-state index in [0.717, 1.165) is 64.5 Å². The van der Waals surface area contributed by atoms with Crippen molar-refractivity contribution in [3.63, 3.8) is 0 Å². The van der Waals surface area contributed by atoms with Gasteiger partial charge in [0.05, 0.1) is 29.3 Å². The van der Waals surface area contributed by atoms with Crippen LogP contribution in [0.2, 0.25) is 0 Å². The molecular weight excluding hydrogens is 512 g/mol. The van der Waals surface area contributed by atoms with Crippen molar-refractivity contribution in [1.82, 2.24) is 10.6 Å². The maximum atomic E-state index is 13.2. The van der Waals surface area contributed by atoms with Crippen molar-refractivity contribution in [3.05, 3.63) is 0 Å². The van der Waals surface area contributed by atoms with Crippen LogP contribution in [-0.4, -0.2) is 58.7 Å². The fourth-order valence-electron chi connectivity index (χ4n) is 12.5. The summed E-state index contributed by atoms with van der Waals surface area (Å²) in [6.07, 6.45) is 10.0. The molecule has 0 aromatic carbocycles. The minimum Gasteiger partial charge on any atom is -0.393 e. The van der Waals surface area contributed by atoms with E-state index in [2.05, 4.69) is 52.2 Å². The Hall–Kier alpha value is -0.690. The van der Waals surface area contributed by atoms with Crippen LogP contribution in [0.1, 0.15) is 120 Å². The highest BCUT2D eigenvalue weighted by atomic mass is 16.5. The molecule has 4 saturated carbocycles. The summed E-state index contributed by atoms with van der Waals surface area (Å²) in [5, 5.41) is 29.7. The molecule has 0 aromatic heterocycles. The van der Waals surface area contributed by atoms with Gasteiger partial charge in [-0.15, -0.1) is 0 Å². The molecule has 1 amide bonds. The molecule has 0 aromatic rings. The van der Waals surface area contributed by atoms with Crippen molar-refractivity contribution in [2.24, 2.45) is 51.2 Å². The number of amides is 1. The van der Waals surface area contributed by atoms with E-state index in [9.17, 15) is 15.0 Å². The van der Waals surface area contributed by atoms with Crippen LogP contribution in [0.4, 0.5) is 0 Å². The average Bonchev–Trinajstić information content (AvgIpc) is 3.62. The number of aliphatic hydroxyl groups excluding tert-OH is 1. The zero-order chi connectivity index (χ0) is 29.8. The Morgan fingerprint density at radius 2 is 1.61 bits per heavy atom. The number of ether oxygens (including phenoxy) is 1. The fourth-order valence-corrected chi connectivity index (χ4v) is 12.5. The van der Waals surface area contributed by atoms with E-state index in [-0.39, 0.29) is 63.3 Å². The third-order valence-electron chi connectivity index (χ3n) is 15.1. The quantitative estimate of drug-likeness (QED) is 0.360. The number of rotatable bonds is 4. The lowest BCUT2D eigenvalue weighted by Crippen LogP contribution is -2.67. The molecular formula is C35H60N2O4. The molecule has 2 aliphatic heterocycles. The molecule has 0 bridgehead atoms. The van der Waals surface area contributed by atoms with Crippen molar-refractivity contribution in [2.75, 3.05) is 13.1 Å². The molecule has 234 valence electrons. The van der Waals surface area contributed by atoms with Gasteiger partial charge in [0.15, 0.2) is 0 Å². The summed E-state index contributed by atoms with van der Waals surface area (Å²) in [5.74, 6) is 1.91. The number of nitrogens with one attached hydrogen (secondary N) is 2. The van der Waals surface area contributed by atoms with E-state index in [0.29, 0.717) is 17.8 Å². The Morgan fingerprint density at radius 3 is 2.24 bits per heavy atom. The van der Waals surface area contributed by atoms with Gasteiger partial charge >= 0.3 is 0 Å². The van der Waals surface area contributed by atoms with E-state index in [1.165, 1.54) is 12.8 Å². The lowest BCUT2D eigenvalue weighted by Gasteiger charge is -2.71. The number of fused-ring (bicyclic) bond motifs is 5. The van der Waals surface area contributed by atoms with E-state index in [1.54, 1.807) is 0 Å². The average molecular weight is 573 g/mol. The van der Waals surface area contributed by atoms with Crippen LogP contribution in [0.3, 0.4) is 0 Å². The molecule has 6 nitrogen and oxygen atoms in total. The second-order valence-electron chi connectivity index (χ2n) is 17.7. The standard InChI is InChI=1S/C35H60N2O4/c1-30(2)24-10-16-33(6)25(32(24,5)14-11-26(30)37-29(39)21-13-18-36-20-21)19-23(38)28-22(9-15-34(28,33)7)35(8)17-12-27(41-35)31(3,4)40/h21-28,36,38,40H,9-20H2,1-8H3,(H,37,39)/t21-,22+,23-,24+,25-,26+,27-,28+,32+,33-,34-,35+/m1/s1. The first-order valence-electron chi connectivity index (χ1n) is 17.1. The fraction of sp³-hybridized carbons (Fsp3) is 0.971. The summed E-state index contributed by atoms with van der Waals surface area (Å²) in [6.45, 7) is 20.3. The van der Waals surface area contributed by atoms with Crippen LogP contribution >= 0.6 is 0 Å². The Balaban J connectivity index is 1.25. The number of aliphatic hydroxyl groups is 2. The molecule has 6 heteroatoms. The first-order valence-corrected chi connectivity index (χ1v) is 17.1. The summed E-state index contributed by atoms with van der Waals surface area (Å²) in [6, 6.07) is 0.217. The molecule has 12 atom stereocenters. The first-order chi connectivity index (χ1) is 19.0. The zero-order valence-corrected chi connectivity index (χ0v) is 27.3. The third-order valence-corrected chi connectivity index (χ3v) is 15.1. The maximum Gasteiger partial charge on any atom is 0.224 e. The third kappa shape index (κ3) is 4.34. The minimum absolute atomic E-state index is 0.0220. The first kappa shape index (κ1) is 30.3. The van der Waals surface area contributed by atoms with Crippen LogP contribution < -0.4 is 10.6 Å². The molecule has 4 N–H and O–H groups in total. The van der Waals surface area contributed by atoms with Gasteiger partial charge < -0.3 is 25.6 Å². The Kier molecular flexibility index (Phi) is 7.14. The van der Waals surface area contributed by atoms with E-state index >= 15 is 0 Å². The van der Waals surface area contributed by atoms with E-state index in [4.69, 9.17) is 4.74 Å². The largest absolute Gasteiger partial charge is 0.393 e. The second kappa shape index (κ2) is 9.65. The topological polar surface area (TPSA) is 90.8 Å². The van der Waals surface area contributed by atoms with Gasteiger partial charge in [-0.1, -0.05) is 34.6 Å². The highest BCUT2D eigenvalue weighted by Crippen LogP contribution is 2.76.